The summed E-state index contributed by atoms with van der Waals surface area (Å²) in [5.74, 6) is 0.762. The van der Waals surface area contributed by atoms with Gasteiger partial charge in [-0.1, -0.05) is 52.6 Å². The maximum absolute atomic E-state index is 6.15. The number of aryl methyl sites for hydroxylation is 1. The zero-order valence-corrected chi connectivity index (χ0v) is 18.3. The molecule has 4 rings (SSSR count). The van der Waals surface area contributed by atoms with Gasteiger partial charge in [0.2, 0.25) is 0 Å². The van der Waals surface area contributed by atoms with Crippen LogP contribution in [0.15, 0.2) is 52.8 Å². The van der Waals surface area contributed by atoms with E-state index in [9.17, 15) is 0 Å². The van der Waals surface area contributed by atoms with E-state index < -0.39 is 0 Å². The van der Waals surface area contributed by atoms with Crippen molar-refractivity contribution in [1.82, 2.24) is 0 Å². The number of halogens is 3. The van der Waals surface area contributed by atoms with E-state index in [1.807, 2.05) is 42.5 Å². The minimum Gasteiger partial charge on any atom is -0.316 e. The summed E-state index contributed by atoms with van der Waals surface area (Å²) in [6.45, 7) is 2.92. The van der Waals surface area contributed by atoms with Gasteiger partial charge in [0, 0.05) is 16.5 Å². The standard InChI is InChI=1S/C20H15Cl3N2S2/c1-12-10-26-18-9-25(15-5-3-14(21)4-6-15)20(24-19(12)18)27-11-13-2-7-16(22)17(23)8-13/h2-8,10H,9,11H2,1H3. The van der Waals surface area contributed by atoms with Gasteiger partial charge < -0.3 is 4.90 Å². The molecule has 0 fully saturated rings. The summed E-state index contributed by atoms with van der Waals surface area (Å²) in [5, 5.41) is 5.01. The van der Waals surface area contributed by atoms with Crippen LogP contribution in [0.3, 0.4) is 0 Å². The third kappa shape index (κ3) is 4.15. The average molecular weight is 454 g/mol. The first kappa shape index (κ1) is 19.2. The van der Waals surface area contributed by atoms with Crippen LogP contribution in [0.4, 0.5) is 11.4 Å². The minimum absolute atomic E-state index is 0.571. The van der Waals surface area contributed by atoms with E-state index in [-0.39, 0.29) is 0 Å². The summed E-state index contributed by atoms with van der Waals surface area (Å²) in [5.41, 5.74) is 4.51. The van der Waals surface area contributed by atoms with Crippen molar-refractivity contribution in [2.24, 2.45) is 4.99 Å². The molecule has 0 spiro atoms. The molecule has 2 nitrogen and oxygen atoms in total. The van der Waals surface area contributed by atoms with E-state index in [0.29, 0.717) is 10.0 Å². The van der Waals surface area contributed by atoms with E-state index in [4.69, 9.17) is 39.8 Å². The van der Waals surface area contributed by atoms with Crippen LogP contribution in [0.25, 0.3) is 0 Å². The molecule has 0 unspecified atom stereocenters. The Kier molecular flexibility index (Phi) is 5.72. The maximum Gasteiger partial charge on any atom is 0.169 e. The van der Waals surface area contributed by atoms with Gasteiger partial charge in [0.25, 0.3) is 0 Å². The number of anilines is 1. The summed E-state index contributed by atoms with van der Waals surface area (Å²) < 4.78 is 0. The molecule has 0 bridgehead atoms. The van der Waals surface area contributed by atoms with Gasteiger partial charge in [0.1, 0.15) is 0 Å². The molecule has 1 aliphatic rings. The van der Waals surface area contributed by atoms with E-state index in [1.54, 1.807) is 23.1 Å². The molecule has 0 amide bonds. The number of aliphatic imine (C=N–C) groups is 1. The number of thiophene rings is 1. The smallest absolute Gasteiger partial charge is 0.169 e. The molecule has 2 aromatic carbocycles. The molecule has 27 heavy (non-hydrogen) atoms. The highest BCUT2D eigenvalue weighted by Gasteiger charge is 2.24. The van der Waals surface area contributed by atoms with E-state index in [0.717, 1.165) is 39.4 Å². The molecular formula is C20H15Cl3N2S2. The van der Waals surface area contributed by atoms with Crippen LogP contribution in [-0.2, 0) is 12.3 Å². The lowest BCUT2D eigenvalue weighted by Gasteiger charge is -2.29. The summed E-state index contributed by atoms with van der Waals surface area (Å²) in [7, 11) is 0. The predicted octanol–water partition coefficient (Wildman–Crippen LogP) is 7.96. The van der Waals surface area contributed by atoms with Crippen LogP contribution < -0.4 is 4.90 Å². The summed E-state index contributed by atoms with van der Waals surface area (Å²) in [6.07, 6.45) is 0. The highest BCUT2D eigenvalue weighted by Crippen LogP contribution is 2.39. The van der Waals surface area contributed by atoms with Gasteiger partial charge in [-0.15, -0.1) is 11.3 Å². The fraction of sp³-hybridized carbons (Fsp3) is 0.150. The summed E-state index contributed by atoms with van der Waals surface area (Å²) >= 11 is 21.7. The molecule has 2 heterocycles. The Hall–Kier alpha value is -1.17. The van der Waals surface area contributed by atoms with Crippen molar-refractivity contribution in [1.29, 1.82) is 0 Å². The van der Waals surface area contributed by atoms with Gasteiger partial charge in [-0.3, -0.25) is 0 Å². The second kappa shape index (κ2) is 8.06. The van der Waals surface area contributed by atoms with Crippen molar-refractivity contribution in [2.45, 2.75) is 19.2 Å². The Morgan fingerprint density at radius 3 is 2.59 bits per heavy atom. The van der Waals surface area contributed by atoms with Gasteiger partial charge in [-0.05, 0) is 59.8 Å². The molecule has 1 aliphatic heterocycles. The van der Waals surface area contributed by atoms with Gasteiger partial charge in [0.05, 0.1) is 27.2 Å². The molecule has 3 aromatic rings. The van der Waals surface area contributed by atoms with Gasteiger partial charge in [-0.25, -0.2) is 4.99 Å². The van der Waals surface area contributed by atoms with Crippen molar-refractivity contribution < 1.29 is 0 Å². The van der Waals surface area contributed by atoms with Crippen LogP contribution in [0.2, 0.25) is 15.1 Å². The fourth-order valence-corrected chi connectivity index (χ4v) is 5.19. The van der Waals surface area contributed by atoms with Crippen LogP contribution in [0.5, 0.6) is 0 Å². The van der Waals surface area contributed by atoms with Crippen LogP contribution in [0, 0.1) is 6.92 Å². The Balaban J connectivity index is 1.64. The zero-order valence-electron chi connectivity index (χ0n) is 14.4. The Morgan fingerprint density at radius 1 is 1.07 bits per heavy atom. The molecule has 0 saturated carbocycles. The van der Waals surface area contributed by atoms with E-state index in [1.165, 1.54) is 10.4 Å². The van der Waals surface area contributed by atoms with Crippen molar-refractivity contribution in [3.8, 4) is 0 Å². The predicted molar refractivity (Wildman–Crippen MR) is 122 cm³/mol. The van der Waals surface area contributed by atoms with Crippen LogP contribution in [0.1, 0.15) is 16.0 Å². The van der Waals surface area contributed by atoms with E-state index >= 15 is 0 Å². The third-order valence-electron chi connectivity index (χ3n) is 4.25. The quantitative estimate of drug-likeness (QED) is 0.399. The average Bonchev–Trinajstić information content (AvgIpc) is 3.03. The summed E-state index contributed by atoms with van der Waals surface area (Å²) in [6, 6.07) is 13.6. The molecule has 0 N–H and O–H groups in total. The number of fused-ring (bicyclic) bond motifs is 1. The van der Waals surface area contributed by atoms with Crippen LogP contribution in [-0.4, -0.2) is 5.17 Å². The SMILES string of the molecule is Cc1csc2c1N=C(SCc1ccc(Cl)c(Cl)c1)N(c1ccc(Cl)cc1)C2. The highest BCUT2D eigenvalue weighted by atomic mass is 35.5. The second-order valence-corrected chi connectivity index (χ2v) is 9.34. The van der Waals surface area contributed by atoms with Crippen LogP contribution >= 0.6 is 57.9 Å². The number of amidine groups is 1. The first-order valence-corrected chi connectivity index (χ1v) is 11.3. The topological polar surface area (TPSA) is 15.6 Å². The van der Waals surface area contributed by atoms with Gasteiger partial charge >= 0.3 is 0 Å². The van der Waals surface area contributed by atoms with E-state index in [2.05, 4.69) is 17.2 Å². The Labute approximate surface area is 181 Å². The lowest BCUT2D eigenvalue weighted by atomic mass is 10.2. The molecule has 1 aromatic heterocycles. The molecule has 0 atom stereocenters. The molecule has 0 radical (unpaired) electrons. The fourth-order valence-electron chi connectivity index (χ4n) is 2.83. The first-order chi connectivity index (χ1) is 13.0. The zero-order chi connectivity index (χ0) is 19.0. The molecule has 0 aliphatic carbocycles. The van der Waals surface area contributed by atoms with Crippen molar-refractivity contribution in [2.75, 3.05) is 4.90 Å². The normalized spacial score (nSPS) is 13.5. The number of rotatable bonds is 3. The van der Waals surface area contributed by atoms with Crippen molar-refractivity contribution in [3.63, 3.8) is 0 Å². The lowest BCUT2D eigenvalue weighted by molar-refractivity contribution is 1.01. The number of hydrogen-bond acceptors (Lipinski definition) is 4. The van der Waals surface area contributed by atoms with Crippen molar-refractivity contribution >= 4 is 74.4 Å². The highest BCUT2D eigenvalue weighted by molar-refractivity contribution is 8.13. The third-order valence-corrected chi connectivity index (χ3v) is 7.36. The number of hydrogen-bond donors (Lipinski definition) is 0. The second-order valence-electron chi connectivity index (χ2n) is 6.18. The maximum atomic E-state index is 6.15. The van der Waals surface area contributed by atoms with Crippen molar-refractivity contribution in [3.05, 3.63) is 78.9 Å². The molecular weight excluding hydrogens is 439 g/mol. The molecule has 0 saturated heterocycles. The number of benzene rings is 2. The lowest BCUT2D eigenvalue weighted by Crippen LogP contribution is -2.30. The molecule has 7 heteroatoms. The van der Waals surface area contributed by atoms with Gasteiger partial charge in [-0.2, -0.15) is 0 Å². The van der Waals surface area contributed by atoms with Gasteiger partial charge in [0.15, 0.2) is 5.17 Å². The number of nitrogens with zero attached hydrogens (tertiary/aromatic N) is 2. The largest absolute Gasteiger partial charge is 0.316 e. The molecule has 138 valence electrons. The summed E-state index contributed by atoms with van der Waals surface area (Å²) in [4.78, 5) is 8.48. The Bertz CT molecular complexity index is 1010. The first-order valence-electron chi connectivity index (χ1n) is 8.27. The minimum atomic E-state index is 0.571. The Morgan fingerprint density at radius 2 is 1.85 bits per heavy atom. The monoisotopic (exact) mass is 452 g/mol. The number of thioether (sulfide) groups is 1.